The smallest absolute Gasteiger partial charge is 0.175 e. The average molecular weight is 278 g/mol. The molecular formula is C10H13BrFNO2. The highest BCUT2D eigenvalue weighted by atomic mass is 79.9. The van der Waals surface area contributed by atoms with Crippen LogP contribution in [0, 0.1) is 5.82 Å². The van der Waals surface area contributed by atoms with Gasteiger partial charge in [0.1, 0.15) is 5.82 Å². The third-order valence-electron chi connectivity index (χ3n) is 2.04. The summed E-state index contributed by atoms with van der Waals surface area (Å²) in [5.74, 6) is 0.544. The van der Waals surface area contributed by atoms with Crippen molar-refractivity contribution in [2.45, 2.75) is 6.42 Å². The minimum absolute atomic E-state index is 0.343. The predicted octanol–water partition coefficient (Wildman–Crippen LogP) is 2.11. The Morgan fingerprint density at radius 1 is 1.33 bits per heavy atom. The van der Waals surface area contributed by atoms with Gasteiger partial charge in [0.25, 0.3) is 0 Å². The maximum absolute atomic E-state index is 13.6. The molecule has 0 aliphatic heterocycles. The van der Waals surface area contributed by atoms with Crippen molar-refractivity contribution in [2.75, 3.05) is 20.8 Å². The number of hydrogen-bond donors (Lipinski definition) is 1. The van der Waals surface area contributed by atoms with Crippen LogP contribution in [0.15, 0.2) is 10.5 Å². The molecular weight excluding hydrogens is 265 g/mol. The lowest BCUT2D eigenvalue weighted by atomic mass is 10.1. The zero-order valence-electron chi connectivity index (χ0n) is 8.64. The Labute approximate surface area is 96.5 Å². The molecule has 0 radical (unpaired) electrons. The van der Waals surface area contributed by atoms with Crippen molar-refractivity contribution in [1.29, 1.82) is 0 Å². The molecule has 0 unspecified atom stereocenters. The first-order valence-corrected chi connectivity index (χ1v) is 5.23. The summed E-state index contributed by atoms with van der Waals surface area (Å²) in [5.41, 5.74) is 5.85. The molecule has 3 nitrogen and oxygen atoms in total. The third-order valence-corrected chi connectivity index (χ3v) is 2.63. The molecule has 1 aromatic rings. The van der Waals surface area contributed by atoms with Crippen molar-refractivity contribution in [3.63, 3.8) is 0 Å². The van der Waals surface area contributed by atoms with Gasteiger partial charge in [0.15, 0.2) is 11.5 Å². The van der Waals surface area contributed by atoms with Gasteiger partial charge in [-0.2, -0.15) is 0 Å². The topological polar surface area (TPSA) is 44.5 Å². The number of hydrogen-bond acceptors (Lipinski definition) is 3. The maximum Gasteiger partial charge on any atom is 0.175 e. The van der Waals surface area contributed by atoms with E-state index < -0.39 is 0 Å². The molecule has 2 N–H and O–H groups in total. The second kappa shape index (κ2) is 5.32. The molecule has 0 saturated heterocycles. The van der Waals surface area contributed by atoms with E-state index in [2.05, 4.69) is 15.9 Å². The molecule has 0 amide bonds. The first kappa shape index (κ1) is 12.3. The Hall–Kier alpha value is -0.810. The fourth-order valence-corrected chi connectivity index (χ4v) is 1.94. The minimum Gasteiger partial charge on any atom is -0.492 e. The number of nitrogens with two attached hydrogens (primary N) is 1. The summed E-state index contributed by atoms with van der Waals surface area (Å²) in [7, 11) is 2.98. The third kappa shape index (κ3) is 2.41. The number of benzene rings is 1. The number of methoxy groups -OCH3 is 2. The molecule has 0 fully saturated rings. The Balaban J connectivity index is 3.35. The van der Waals surface area contributed by atoms with Crippen LogP contribution in [-0.4, -0.2) is 20.8 Å². The van der Waals surface area contributed by atoms with Gasteiger partial charge in [-0.15, -0.1) is 0 Å². The number of ether oxygens (including phenoxy) is 2. The van der Waals surface area contributed by atoms with Crippen molar-refractivity contribution in [3.8, 4) is 11.5 Å². The molecule has 0 aliphatic carbocycles. The van der Waals surface area contributed by atoms with Crippen LogP contribution in [0.2, 0.25) is 0 Å². The van der Waals surface area contributed by atoms with E-state index in [4.69, 9.17) is 15.2 Å². The predicted molar refractivity (Wildman–Crippen MR) is 60.0 cm³/mol. The molecule has 0 bridgehead atoms. The van der Waals surface area contributed by atoms with Crippen molar-refractivity contribution >= 4 is 15.9 Å². The highest BCUT2D eigenvalue weighted by Crippen LogP contribution is 2.39. The Bertz CT molecular complexity index is 358. The zero-order chi connectivity index (χ0) is 11.4. The fraction of sp³-hybridized carbons (Fsp3) is 0.400. The lowest BCUT2D eigenvalue weighted by molar-refractivity contribution is 0.346. The quantitative estimate of drug-likeness (QED) is 0.917. The van der Waals surface area contributed by atoms with Crippen molar-refractivity contribution in [1.82, 2.24) is 0 Å². The summed E-state index contributed by atoms with van der Waals surface area (Å²) >= 11 is 3.21. The van der Waals surface area contributed by atoms with Gasteiger partial charge in [0.2, 0.25) is 0 Å². The van der Waals surface area contributed by atoms with Gasteiger partial charge in [0.05, 0.1) is 18.7 Å². The van der Waals surface area contributed by atoms with E-state index in [1.54, 1.807) is 0 Å². The van der Waals surface area contributed by atoms with E-state index in [0.29, 0.717) is 34.5 Å². The molecule has 0 saturated carbocycles. The Kier molecular flexibility index (Phi) is 4.35. The van der Waals surface area contributed by atoms with Gasteiger partial charge in [0, 0.05) is 5.56 Å². The molecule has 15 heavy (non-hydrogen) atoms. The minimum atomic E-state index is -0.343. The van der Waals surface area contributed by atoms with E-state index >= 15 is 0 Å². The second-order valence-electron chi connectivity index (χ2n) is 2.92. The Morgan fingerprint density at radius 2 is 1.93 bits per heavy atom. The monoisotopic (exact) mass is 277 g/mol. The van der Waals surface area contributed by atoms with Crippen LogP contribution in [0.1, 0.15) is 5.56 Å². The molecule has 0 aromatic heterocycles. The molecule has 0 heterocycles. The molecule has 5 heteroatoms. The van der Waals surface area contributed by atoms with Gasteiger partial charge < -0.3 is 15.2 Å². The summed E-state index contributed by atoms with van der Waals surface area (Å²) in [4.78, 5) is 0. The van der Waals surface area contributed by atoms with Crippen LogP contribution >= 0.6 is 15.9 Å². The summed E-state index contributed by atoms with van der Waals surface area (Å²) in [6.07, 6.45) is 0.415. The van der Waals surface area contributed by atoms with E-state index in [-0.39, 0.29) is 5.82 Å². The molecule has 84 valence electrons. The summed E-state index contributed by atoms with van der Waals surface area (Å²) < 4.78 is 24.4. The van der Waals surface area contributed by atoms with Crippen LogP contribution in [0.4, 0.5) is 4.39 Å². The molecule has 0 atom stereocenters. The van der Waals surface area contributed by atoms with Crippen LogP contribution in [0.3, 0.4) is 0 Å². The summed E-state index contributed by atoms with van der Waals surface area (Å²) in [6.45, 7) is 0.359. The lowest BCUT2D eigenvalue weighted by Gasteiger charge is -2.14. The summed E-state index contributed by atoms with van der Waals surface area (Å²) in [6, 6.07) is 1.35. The van der Waals surface area contributed by atoms with E-state index in [1.165, 1.54) is 20.3 Å². The molecule has 0 aliphatic rings. The van der Waals surface area contributed by atoms with E-state index in [1.807, 2.05) is 0 Å². The molecule has 1 rings (SSSR count). The lowest BCUT2D eigenvalue weighted by Crippen LogP contribution is -2.07. The highest BCUT2D eigenvalue weighted by molar-refractivity contribution is 9.10. The number of halogens is 2. The molecule has 1 aromatic carbocycles. The average Bonchev–Trinajstić information content (AvgIpc) is 2.21. The second-order valence-corrected chi connectivity index (χ2v) is 3.78. The van der Waals surface area contributed by atoms with Crippen molar-refractivity contribution < 1.29 is 13.9 Å². The normalized spacial score (nSPS) is 10.2. The van der Waals surface area contributed by atoms with Crippen LogP contribution in [0.25, 0.3) is 0 Å². The van der Waals surface area contributed by atoms with Gasteiger partial charge in [-0.25, -0.2) is 4.39 Å². The standard InChI is InChI=1S/C10H13BrFNO2/c1-14-9-6(3-4-13)8(12)5-7(11)10(9)15-2/h5H,3-4,13H2,1-2H3. The first-order valence-electron chi connectivity index (χ1n) is 4.44. The zero-order valence-corrected chi connectivity index (χ0v) is 10.2. The Morgan fingerprint density at radius 3 is 2.40 bits per heavy atom. The van der Waals surface area contributed by atoms with Gasteiger partial charge in [-0.05, 0) is 35.0 Å². The number of rotatable bonds is 4. The largest absolute Gasteiger partial charge is 0.492 e. The van der Waals surface area contributed by atoms with Gasteiger partial charge >= 0.3 is 0 Å². The van der Waals surface area contributed by atoms with Crippen LogP contribution in [-0.2, 0) is 6.42 Å². The van der Waals surface area contributed by atoms with Crippen LogP contribution in [0.5, 0.6) is 11.5 Å². The van der Waals surface area contributed by atoms with E-state index in [0.717, 1.165) is 0 Å². The maximum atomic E-state index is 13.6. The van der Waals surface area contributed by atoms with Crippen molar-refractivity contribution in [2.24, 2.45) is 5.73 Å². The van der Waals surface area contributed by atoms with Crippen molar-refractivity contribution in [3.05, 3.63) is 21.9 Å². The SMILES string of the molecule is COc1c(Br)cc(F)c(CCN)c1OC. The van der Waals surface area contributed by atoms with Crippen LogP contribution < -0.4 is 15.2 Å². The first-order chi connectivity index (χ1) is 7.15. The highest BCUT2D eigenvalue weighted by Gasteiger charge is 2.17. The van der Waals surface area contributed by atoms with Gasteiger partial charge in [-0.1, -0.05) is 0 Å². The fourth-order valence-electron chi connectivity index (χ4n) is 1.40. The van der Waals surface area contributed by atoms with Gasteiger partial charge in [-0.3, -0.25) is 0 Å². The molecule has 0 spiro atoms. The van der Waals surface area contributed by atoms with E-state index in [9.17, 15) is 4.39 Å². The summed E-state index contributed by atoms with van der Waals surface area (Å²) in [5, 5.41) is 0.